The van der Waals surface area contributed by atoms with Crippen LogP contribution in [0, 0.1) is 6.92 Å². The number of ketones is 1. The Morgan fingerprint density at radius 2 is 1.90 bits per heavy atom. The fourth-order valence-corrected chi connectivity index (χ4v) is 3.40. The Morgan fingerprint density at radius 1 is 1.30 bits per heavy atom. The summed E-state index contributed by atoms with van der Waals surface area (Å²) in [4.78, 5) is 12.5. The summed E-state index contributed by atoms with van der Waals surface area (Å²) >= 11 is 3.48. The zero-order chi connectivity index (χ0) is 15.2. The van der Waals surface area contributed by atoms with Crippen molar-refractivity contribution in [1.29, 1.82) is 0 Å². The Hall–Kier alpha value is -0.670. The minimum Gasteiger partial charge on any atom is -0.381 e. The highest BCUT2D eigenvalue weighted by Crippen LogP contribution is 2.39. The molecule has 1 aromatic rings. The van der Waals surface area contributed by atoms with Crippen molar-refractivity contribution in [2.75, 3.05) is 13.2 Å². The fourth-order valence-electron chi connectivity index (χ4n) is 2.92. The maximum atomic E-state index is 12.5. The molecule has 0 N–H and O–H groups in total. The van der Waals surface area contributed by atoms with Crippen LogP contribution in [-0.2, 0) is 14.9 Å². The summed E-state index contributed by atoms with van der Waals surface area (Å²) in [6, 6.07) is 6.22. The molecule has 1 aliphatic rings. The zero-order valence-corrected chi connectivity index (χ0v) is 14.5. The van der Waals surface area contributed by atoms with E-state index < -0.39 is 0 Å². The smallest absolute Gasteiger partial charge is 0.143 e. The van der Waals surface area contributed by atoms with Gasteiger partial charge in [0.15, 0.2) is 0 Å². The van der Waals surface area contributed by atoms with Crippen molar-refractivity contribution in [1.82, 2.24) is 0 Å². The first kappa shape index (κ1) is 17.4. The molecule has 1 aliphatic heterocycles. The molecule has 0 aliphatic carbocycles. The Bertz CT molecular complexity index is 448. The standard InChI is InChI=1S/C15H19BrO2.C2H6/c1-3-14(17)15(6-8-18-9-7-15)13-5-4-12(16)10-11(13)2;1-2/h4-5,10H,3,6-9H2,1-2H3;1-2H3. The lowest BCUT2D eigenvalue weighted by Crippen LogP contribution is -2.41. The molecule has 0 spiro atoms. The highest BCUT2D eigenvalue weighted by Gasteiger charge is 2.41. The third kappa shape index (κ3) is 3.50. The van der Waals surface area contributed by atoms with Crippen molar-refractivity contribution in [3.05, 3.63) is 33.8 Å². The molecule has 0 atom stereocenters. The first-order valence-electron chi connectivity index (χ1n) is 7.48. The van der Waals surface area contributed by atoms with Gasteiger partial charge in [-0.05, 0) is 43.0 Å². The van der Waals surface area contributed by atoms with E-state index in [1.165, 1.54) is 11.1 Å². The fraction of sp³-hybridized carbons (Fsp3) is 0.588. The number of Topliss-reactive ketones (excluding diaryl/α,β-unsaturated/α-hetero) is 1. The number of hydrogen-bond acceptors (Lipinski definition) is 2. The summed E-state index contributed by atoms with van der Waals surface area (Å²) in [5.41, 5.74) is 2.05. The molecule has 1 fully saturated rings. The number of rotatable bonds is 3. The minimum atomic E-state index is -0.322. The number of benzene rings is 1. The Balaban J connectivity index is 0.000000956. The summed E-state index contributed by atoms with van der Waals surface area (Å²) in [7, 11) is 0. The van der Waals surface area contributed by atoms with Crippen molar-refractivity contribution in [3.63, 3.8) is 0 Å². The van der Waals surface area contributed by atoms with Crippen LogP contribution < -0.4 is 0 Å². The van der Waals surface area contributed by atoms with Gasteiger partial charge in [0.05, 0.1) is 5.41 Å². The van der Waals surface area contributed by atoms with Crippen molar-refractivity contribution < 1.29 is 9.53 Å². The van der Waals surface area contributed by atoms with Gasteiger partial charge in [-0.1, -0.05) is 42.8 Å². The van der Waals surface area contributed by atoms with Crippen molar-refractivity contribution in [2.45, 2.75) is 52.4 Å². The molecule has 1 saturated heterocycles. The molecule has 2 rings (SSSR count). The van der Waals surface area contributed by atoms with Gasteiger partial charge in [-0.2, -0.15) is 0 Å². The second kappa shape index (κ2) is 7.94. The van der Waals surface area contributed by atoms with Gasteiger partial charge in [-0.25, -0.2) is 0 Å². The molecule has 0 saturated carbocycles. The van der Waals surface area contributed by atoms with E-state index in [1.807, 2.05) is 26.8 Å². The van der Waals surface area contributed by atoms with Crippen LogP contribution in [0.4, 0.5) is 0 Å². The van der Waals surface area contributed by atoms with Crippen LogP contribution in [0.3, 0.4) is 0 Å². The first-order chi connectivity index (χ1) is 9.60. The quantitative estimate of drug-likeness (QED) is 0.789. The highest BCUT2D eigenvalue weighted by molar-refractivity contribution is 9.10. The summed E-state index contributed by atoms with van der Waals surface area (Å²) in [6.07, 6.45) is 2.21. The second-order valence-electron chi connectivity index (χ2n) is 4.93. The van der Waals surface area contributed by atoms with Gasteiger partial charge in [0.1, 0.15) is 5.78 Å². The van der Waals surface area contributed by atoms with E-state index in [-0.39, 0.29) is 5.41 Å². The predicted octanol–water partition coefficient (Wildman–Crippen LogP) is 4.81. The van der Waals surface area contributed by atoms with E-state index in [0.29, 0.717) is 25.4 Å². The maximum absolute atomic E-state index is 12.5. The van der Waals surface area contributed by atoms with Gasteiger partial charge in [0.2, 0.25) is 0 Å². The van der Waals surface area contributed by atoms with Crippen LogP contribution in [0.1, 0.15) is 51.2 Å². The largest absolute Gasteiger partial charge is 0.381 e. The average Bonchev–Trinajstić information content (AvgIpc) is 2.49. The minimum absolute atomic E-state index is 0.322. The molecule has 2 nitrogen and oxygen atoms in total. The third-order valence-electron chi connectivity index (χ3n) is 3.91. The Kier molecular flexibility index (Phi) is 6.90. The molecular weight excluding hydrogens is 316 g/mol. The summed E-state index contributed by atoms with van der Waals surface area (Å²) in [5, 5.41) is 0. The number of carbonyl (C=O) groups is 1. The molecular formula is C17H25BrO2. The third-order valence-corrected chi connectivity index (χ3v) is 4.40. The predicted molar refractivity (Wildman–Crippen MR) is 87.3 cm³/mol. The summed E-state index contributed by atoms with van der Waals surface area (Å²) in [6.45, 7) is 9.40. The number of aryl methyl sites for hydroxylation is 1. The van der Waals surface area contributed by atoms with Gasteiger partial charge in [-0.3, -0.25) is 4.79 Å². The maximum Gasteiger partial charge on any atom is 0.143 e. The van der Waals surface area contributed by atoms with Gasteiger partial charge in [0, 0.05) is 24.1 Å². The lowest BCUT2D eigenvalue weighted by molar-refractivity contribution is -0.128. The number of carbonyl (C=O) groups excluding carboxylic acids is 1. The molecule has 0 amide bonds. The van der Waals surface area contributed by atoms with Crippen molar-refractivity contribution in [2.24, 2.45) is 0 Å². The lowest BCUT2D eigenvalue weighted by atomic mass is 9.69. The topological polar surface area (TPSA) is 26.3 Å². The second-order valence-corrected chi connectivity index (χ2v) is 5.85. The average molecular weight is 341 g/mol. The molecule has 1 heterocycles. The van der Waals surface area contributed by atoms with E-state index in [9.17, 15) is 4.79 Å². The molecule has 1 aromatic carbocycles. The molecule has 0 radical (unpaired) electrons. The molecule has 0 aromatic heterocycles. The number of hydrogen-bond donors (Lipinski definition) is 0. The van der Waals surface area contributed by atoms with Crippen LogP contribution in [-0.4, -0.2) is 19.0 Å². The Morgan fingerprint density at radius 3 is 2.40 bits per heavy atom. The van der Waals surface area contributed by atoms with Crippen LogP contribution in [0.15, 0.2) is 22.7 Å². The van der Waals surface area contributed by atoms with E-state index in [4.69, 9.17) is 4.74 Å². The van der Waals surface area contributed by atoms with Gasteiger partial charge in [-0.15, -0.1) is 0 Å². The number of halogens is 1. The molecule has 3 heteroatoms. The summed E-state index contributed by atoms with van der Waals surface area (Å²) < 4.78 is 6.51. The zero-order valence-electron chi connectivity index (χ0n) is 13.0. The van der Waals surface area contributed by atoms with Crippen LogP contribution in [0.25, 0.3) is 0 Å². The summed E-state index contributed by atoms with van der Waals surface area (Å²) in [5.74, 6) is 0.344. The van der Waals surface area contributed by atoms with E-state index >= 15 is 0 Å². The van der Waals surface area contributed by atoms with Crippen LogP contribution in [0.2, 0.25) is 0 Å². The number of ether oxygens (including phenoxy) is 1. The first-order valence-corrected chi connectivity index (χ1v) is 8.27. The molecule has 0 unspecified atom stereocenters. The van der Waals surface area contributed by atoms with Crippen molar-refractivity contribution in [3.8, 4) is 0 Å². The van der Waals surface area contributed by atoms with Crippen LogP contribution >= 0.6 is 15.9 Å². The van der Waals surface area contributed by atoms with Gasteiger partial charge >= 0.3 is 0 Å². The normalized spacial score (nSPS) is 17.1. The lowest BCUT2D eigenvalue weighted by Gasteiger charge is -2.37. The van der Waals surface area contributed by atoms with E-state index in [2.05, 4.69) is 35.0 Å². The Labute approximate surface area is 131 Å². The van der Waals surface area contributed by atoms with E-state index in [1.54, 1.807) is 0 Å². The SMILES string of the molecule is CC.CCC(=O)C1(c2ccc(Br)cc2C)CCOCC1. The highest BCUT2D eigenvalue weighted by atomic mass is 79.9. The molecule has 0 bridgehead atoms. The van der Waals surface area contributed by atoms with Gasteiger partial charge in [0.25, 0.3) is 0 Å². The molecule has 20 heavy (non-hydrogen) atoms. The van der Waals surface area contributed by atoms with Gasteiger partial charge < -0.3 is 4.74 Å². The monoisotopic (exact) mass is 340 g/mol. The van der Waals surface area contributed by atoms with Crippen LogP contribution in [0.5, 0.6) is 0 Å². The van der Waals surface area contributed by atoms with E-state index in [0.717, 1.165) is 17.3 Å². The van der Waals surface area contributed by atoms with Crippen molar-refractivity contribution >= 4 is 21.7 Å². The molecule has 112 valence electrons.